The molecule has 44 heavy (non-hydrogen) atoms. The van der Waals surface area contributed by atoms with Crippen LogP contribution in [-0.2, 0) is 20.9 Å². The number of aryl methyl sites for hydroxylation is 1. The van der Waals surface area contributed by atoms with E-state index in [9.17, 15) is 24.3 Å². The molecule has 4 amide bonds. The number of unbranched alkanes of at least 4 members (excludes halogenated alkanes) is 4. The van der Waals surface area contributed by atoms with Crippen LogP contribution in [0.1, 0.15) is 84.9 Å². The lowest BCUT2D eigenvalue weighted by atomic mass is 10.0. The molecule has 2 unspecified atom stereocenters. The van der Waals surface area contributed by atoms with Crippen LogP contribution in [0.5, 0.6) is 5.75 Å². The monoisotopic (exact) mass is 601 g/mol. The summed E-state index contributed by atoms with van der Waals surface area (Å²) in [5, 5.41) is 31.9. The van der Waals surface area contributed by atoms with Crippen LogP contribution < -0.4 is 15.4 Å². The molecule has 13 heteroatoms. The molecular weight excluding hydrogens is 566 g/mol. The fraction of sp³-hybridized carbons (Fsp3) is 0.419. The van der Waals surface area contributed by atoms with Crippen molar-refractivity contribution in [1.29, 1.82) is 0 Å². The molecule has 0 bridgehead atoms. The van der Waals surface area contributed by atoms with Gasteiger partial charge in [-0.05, 0) is 37.8 Å². The number of nitrogens with zero attached hydrogens (tertiary/aromatic N) is 5. The first kappa shape index (κ1) is 30.7. The standard InChI is InChI=1S/C31H35N7O6/c1-19-34-36-28(37-35-19)21-13-11-20(12-14-21)18-32-25(39)10-5-3-2-4-6-17-44-24-9-7-8-22-27(24)31(43)38(30(22)42)23-15-16-26(40)33-29(23)41/h7-9,11-14,23,30,42H,2-6,10,15-18H2,1H3,(H,32,39)(H,33,40,41). The Kier molecular flexibility index (Phi) is 9.85. The van der Waals surface area contributed by atoms with Crippen molar-refractivity contribution < 1.29 is 29.0 Å². The molecule has 13 nitrogen and oxygen atoms in total. The Labute approximate surface area is 254 Å². The second-order valence-electron chi connectivity index (χ2n) is 10.9. The summed E-state index contributed by atoms with van der Waals surface area (Å²) in [6.07, 6.45) is 3.74. The van der Waals surface area contributed by atoms with Gasteiger partial charge in [0.15, 0.2) is 12.1 Å². The van der Waals surface area contributed by atoms with E-state index in [-0.39, 0.29) is 30.2 Å². The second kappa shape index (κ2) is 14.1. The van der Waals surface area contributed by atoms with Gasteiger partial charge in [-0.25, -0.2) is 0 Å². The quantitative estimate of drug-likeness (QED) is 0.195. The number of amides is 4. The minimum absolute atomic E-state index is 0.00353. The maximum atomic E-state index is 13.2. The minimum Gasteiger partial charge on any atom is -0.493 e. The summed E-state index contributed by atoms with van der Waals surface area (Å²) in [6, 6.07) is 11.7. The lowest BCUT2D eigenvalue weighted by molar-refractivity contribution is -0.139. The number of ether oxygens (including phenoxy) is 1. The average molecular weight is 602 g/mol. The number of aliphatic hydroxyl groups excluding tert-OH is 1. The first-order valence-electron chi connectivity index (χ1n) is 14.8. The number of fused-ring (bicyclic) bond motifs is 1. The number of piperidine rings is 1. The molecular formula is C31H35N7O6. The van der Waals surface area contributed by atoms with Gasteiger partial charge in [-0.3, -0.25) is 29.4 Å². The van der Waals surface area contributed by atoms with Crippen molar-refractivity contribution in [2.24, 2.45) is 0 Å². The van der Waals surface area contributed by atoms with Gasteiger partial charge >= 0.3 is 0 Å². The molecule has 3 aromatic rings. The normalized spacial score (nSPS) is 17.8. The van der Waals surface area contributed by atoms with Crippen LogP contribution in [0.4, 0.5) is 0 Å². The molecule has 2 aliphatic heterocycles. The van der Waals surface area contributed by atoms with E-state index < -0.39 is 24.1 Å². The van der Waals surface area contributed by atoms with E-state index in [1.165, 1.54) is 0 Å². The molecule has 1 aromatic heterocycles. The Morgan fingerprint density at radius 2 is 1.73 bits per heavy atom. The zero-order valence-electron chi connectivity index (χ0n) is 24.5. The van der Waals surface area contributed by atoms with Gasteiger partial charge in [0.25, 0.3) is 5.91 Å². The summed E-state index contributed by atoms with van der Waals surface area (Å²) >= 11 is 0. The molecule has 1 fully saturated rings. The number of benzene rings is 2. The van der Waals surface area contributed by atoms with Gasteiger partial charge in [0.1, 0.15) is 11.8 Å². The van der Waals surface area contributed by atoms with Crippen molar-refractivity contribution in [2.45, 2.75) is 77.1 Å². The molecule has 3 N–H and O–H groups in total. The van der Waals surface area contributed by atoms with Crippen LogP contribution in [0.15, 0.2) is 42.5 Å². The predicted octanol–water partition coefficient (Wildman–Crippen LogP) is 2.53. The van der Waals surface area contributed by atoms with Crippen molar-refractivity contribution in [1.82, 2.24) is 35.9 Å². The summed E-state index contributed by atoms with van der Waals surface area (Å²) in [6.45, 7) is 2.56. The van der Waals surface area contributed by atoms with Crippen molar-refractivity contribution >= 4 is 23.6 Å². The summed E-state index contributed by atoms with van der Waals surface area (Å²) in [5.74, 6) is -0.126. The molecule has 1 saturated heterocycles. The van der Waals surface area contributed by atoms with Crippen LogP contribution in [0.2, 0.25) is 0 Å². The molecule has 230 valence electrons. The Morgan fingerprint density at radius 3 is 2.48 bits per heavy atom. The van der Waals surface area contributed by atoms with E-state index in [0.29, 0.717) is 42.5 Å². The molecule has 0 spiro atoms. The molecule has 5 rings (SSSR count). The highest BCUT2D eigenvalue weighted by atomic mass is 16.5. The number of hydrogen-bond donors (Lipinski definition) is 3. The van der Waals surface area contributed by atoms with Gasteiger partial charge in [-0.15, -0.1) is 20.4 Å². The molecule has 2 atom stereocenters. The van der Waals surface area contributed by atoms with Gasteiger partial charge in [-0.1, -0.05) is 55.7 Å². The fourth-order valence-corrected chi connectivity index (χ4v) is 5.32. The lowest BCUT2D eigenvalue weighted by Gasteiger charge is -2.31. The van der Waals surface area contributed by atoms with E-state index in [1.807, 2.05) is 24.3 Å². The summed E-state index contributed by atoms with van der Waals surface area (Å²) in [7, 11) is 0. The van der Waals surface area contributed by atoms with E-state index in [4.69, 9.17) is 4.74 Å². The molecule has 2 aromatic carbocycles. The zero-order valence-corrected chi connectivity index (χ0v) is 24.5. The van der Waals surface area contributed by atoms with E-state index in [1.54, 1.807) is 25.1 Å². The number of aliphatic hydroxyl groups is 1. The number of nitrogens with one attached hydrogen (secondary N) is 2. The van der Waals surface area contributed by atoms with Gasteiger partial charge in [0.2, 0.25) is 23.5 Å². The van der Waals surface area contributed by atoms with Crippen LogP contribution in [-0.4, -0.2) is 66.7 Å². The third-order valence-electron chi connectivity index (χ3n) is 7.68. The summed E-state index contributed by atoms with van der Waals surface area (Å²) in [5.41, 5.74) is 2.42. The summed E-state index contributed by atoms with van der Waals surface area (Å²) < 4.78 is 5.91. The first-order chi connectivity index (χ1) is 21.3. The van der Waals surface area contributed by atoms with Crippen LogP contribution in [0.25, 0.3) is 11.4 Å². The number of carbonyl (C=O) groups is 4. The predicted molar refractivity (Wildman–Crippen MR) is 157 cm³/mol. The number of imide groups is 1. The smallest absolute Gasteiger partial charge is 0.261 e. The highest BCUT2D eigenvalue weighted by Gasteiger charge is 2.45. The largest absolute Gasteiger partial charge is 0.493 e. The third-order valence-corrected chi connectivity index (χ3v) is 7.68. The maximum Gasteiger partial charge on any atom is 0.261 e. The number of rotatable bonds is 13. The van der Waals surface area contributed by atoms with Gasteiger partial charge in [-0.2, -0.15) is 0 Å². The maximum absolute atomic E-state index is 13.2. The van der Waals surface area contributed by atoms with Gasteiger partial charge < -0.3 is 15.2 Å². The average Bonchev–Trinajstić information content (AvgIpc) is 3.28. The number of aromatic nitrogens is 4. The van der Waals surface area contributed by atoms with Crippen LogP contribution in [0, 0.1) is 6.92 Å². The number of hydrogen-bond acceptors (Lipinski definition) is 10. The Balaban J connectivity index is 0.975. The third kappa shape index (κ3) is 7.22. The molecule has 0 radical (unpaired) electrons. The zero-order chi connectivity index (χ0) is 31.1. The molecule has 2 aliphatic rings. The molecule has 0 saturated carbocycles. The topological polar surface area (TPSA) is 177 Å². The van der Waals surface area contributed by atoms with Gasteiger partial charge in [0.05, 0.1) is 12.2 Å². The lowest BCUT2D eigenvalue weighted by Crippen LogP contribution is -2.53. The van der Waals surface area contributed by atoms with E-state index in [0.717, 1.165) is 48.1 Å². The van der Waals surface area contributed by atoms with Crippen LogP contribution >= 0.6 is 0 Å². The van der Waals surface area contributed by atoms with Gasteiger partial charge in [0, 0.05) is 30.5 Å². The highest BCUT2D eigenvalue weighted by molar-refractivity contribution is 6.06. The highest BCUT2D eigenvalue weighted by Crippen LogP contribution is 2.39. The second-order valence-corrected chi connectivity index (χ2v) is 10.9. The number of carbonyl (C=O) groups excluding carboxylic acids is 4. The first-order valence-corrected chi connectivity index (χ1v) is 14.8. The Morgan fingerprint density at radius 1 is 1.00 bits per heavy atom. The summed E-state index contributed by atoms with van der Waals surface area (Å²) in [4.78, 5) is 50.4. The minimum atomic E-state index is -1.28. The molecule has 3 heterocycles. The van der Waals surface area contributed by atoms with E-state index >= 15 is 0 Å². The van der Waals surface area contributed by atoms with Crippen LogP contribution in [0.3, 0.4) is 0 Å². The fourth-order valence-electron chi connectivity index (χ4n) is 5.32. The SMILES string of the molecule is Cc1nnc(-c2ccc(CNC(=O)CCCCCCCOc3cccc4c3C(=O)N(C3CCC(=O)NC3=O)C4O)cc2)nn1. The van der Waals surface area contributed by atoms with Crippen molar-refractivity contribution in [3.63, 3.8) is 0 Å². The molecule has 0 aliphatic carbocycles. The van der Waals surface area contributed by atoms with Crippen molar-refractivity contribution in [3.05, 3.63) is 65.0 Å². The van der Waals surface area contributed by atoms with Crippen molar-refractivity contribution in [3.8, 4) is 17.1 Å². The van der Waals surface area contributed by atoms with E-state index in [2.05, 4.69) is 31.0 Å². The van der Waals surface area contributed by atoms with Crippen molar-refractivity contribution in [2.75, 3.05) is 6.61 Å². The Hall–Kier alpha value is -4.78. The Bertz CT molecular complexity index is 1510.